The fraction of sp³-hybridized carbons (Fsp3) is 0.750. The molecule has 1 aliphatic carbocycles. The van der Waals surface area contributed by atoms with Crippen molar-refractivity contribution in [1.82, 2.24) is 9.88 Å². The van der Waals surface area contributed by atoms with Crippen LogP contribution < -0.4 is 4.90 Å². The van der Waals surface area contributed by atoms with E-state index in [-0.39, 0.29) is 12.1 Å². The van der Waals surface area contributed by atoms with Gasteiger partial charge < -0.3 is 4.74 Å². The summed E-state index contributed by atoms with van der Waals surface area (Å²) in [6.45, 7) is 10.3. The number of likely N-dealkylation sites (tertiary alicyclic amines) is 1. The molecule has 1 saturated heterocycles. The highest BCUT2D eigenvalue weighted by Gasteiger charge is 2.36. The Morgan fingerprint density at radius 2 is 1.97 bits per heavy atom. The Morgan fingerprint density at radius 3 is 2.66 bits per heavy atom. The minimum absolute atomic E-state index is 0.178. The van der Waals surface area contributed by atoms with Crippen molar-refractivity contribution in [2.45, 2.75) is 103 Å². The van der Waals surface area contributed by atoms with Crippen LogP contribution in [0.1, 0.15) is 97.1 Å². The van der Waals surface area contributed by atoms with Gasteiger partial charge in [-0.15, -0.1) is 0 Å². The van der Waals surface area contributed by atoms with Crippen LogP contribution in [-0.2, 0) is 4.74 Å². The van der Waals surface area contributed by atoms with Gasteiger partial charge in [0.15, 0.2) is 0 Å². The van der Waals surface area contributed by atoms with E-state index >= 15 is 0 Å². The molecule has 0 radical (unpaired) electrons. The highest BCUT2D eigenvalue weighted by Crippen LogP contribution is 2.38. The van der Waals surface area contributed by atoms with Crippen LogP contribution in [0.5, 0.6) is 0 Å². The van der Waals surface area contributed by atoms with Gasteiger partial charge in [0.05, 0.1) is 0 Å². The lowest BCUT2D eigenvalue weighted by molar-refractivity contribution is 0.0555. The number of nitrogens with zero attached hydrogens (tertiary/aromatic N) is 3. The van der Waals surface area contributed by atoms with Crippen LogP contribution in [0.4, 0.5) is 10.6 Å². The number of ether oxygens (including phenoxy) is 1. The van der Waals surface area contributed by atoms with Crippen molar-refractivity contribution in [1.29, 1.82) is 0 Å². The molecule has 2 fully saturated rings. The number of carbonyl (C=O) groups is 1. The van der Waals surface area contributed by atoms with Crippen LogP contribution in [0.2, 0.25) is 0 Å². The van der Waals surface area contributed by atoms with E-state index in [1.165, 1.54) is 31.2 Å². The molecular formula is C24H39N3O2. The fourth-order valence-corrected chi connectivity index (χ4v) is 4.74. The summed E-state index contributed by atoms with van der Waals surface area (Å²) in [4.78, 5) is 22.6. The zero-order valence-corrected chi connectivity index (χ0v) is 18.8. The van der Waals surface area contributed by atoms with Crippen molar-refractivity contribution in [3.05, 3.63) is 23.9 Å². The maximum atomic E-state index is 13.3. The molecule has 1 saturated carbocycles. The normalized spacial score (nSPS) is 21.3. The second kappa shape index (κ2) is 9.92. The van der Waals surface area contributed by atoms with Crippen molar-refractivity contribution in [3.8, 4) is 0 Å². The summed E-state index contributed by atoms with van der Waals surface area (Å²) in [6.07, 6.45) is 12.0. The van der Waals surface area contributed by atoms with E-state index in [1.807, 2.05) is 37.9 Å². The third kappa shape index (κ3) is 5.71. The summed E-state index contributed by atoms with van der Waals surface area (Å²) >= 11 is 0. The van der Waals surface area contributed by atoms with Gasteiger partial charge in [-0.1, -0.05) is 38.7 Å². The number of unbranched alkanes of at least 4 members (excludes halogenated alkanes) is 1. The van der Waals surface area contributed by atoms with Gasteiger partial charge in [0.2, 0.25) is 0 Å². The van der Waals surface area contributed by atoms with Crippen LogP contribution in [0.15, 0.2) is 18.3 Å². The Bertz CT molecular complexity index is 664. The van der Waals surface area contributed by atoms with Crippen molar-refractivity contribution in [2.75, 3.05) is 18.0 Å². The van der Waals surface area contributed by atoms with Crippen LogP contribution >= 0.6 is 0 Å². The first-order valence-electron chi connectivity index (χ1n) is 11.6. The summed E-state index contributed by atoms with van der Waals surface area (Å²) < 4.78 is 5.85. The van der Waals surface area contributed by atoms with E-state index in [4.69, 9.17) is 9.72 Å². The molecule has 1 aromatic rings. The van der Waals surface area contributed by atoms with Crippen LogP contribution in [0.25, 0.3) is 0 Å². The molecule has 0 N–H and O–H groups in total. The predicted octanol–water partition coefficient (Wildman–Crippen LogP) is 6.09. The molecule has 1 amide bonds. The molecule has 2 aliphatic rings. The lowest BCUT2D eigenvalue weighted by Gasteiger charge is -2.37. The first-order valence-corrected chi connectivity index (χ1v) is 11.6. The van der Waals surface area contributed by atoms with Crippen molar-refractivity contribution in [3.63, 3.8) is 0 Å². The summed E-state index contributed by atoms with van der Waals surface area (Å²) in [6, 6.07) is 4.72. The molecule has 0 aromatic carbocycles. The maximum absolute atomic E-state index is 13.3. The lowest BCUT2D eigenvalue weighted by atomic mass is 9.93. The highest BCUT2D eigenvalue weighted by molar-refractivity contribution is 5.88. The SMILES string of the molecule is CCCCN1CCC[C@@H]1c1cccnc1N(C(=O)OC(C)(C)C)C1CCCCC1. The molecule has 5 heteroatoms. The first kappa shape index (κ1) is 22.1. The Hall–Kier alpha value is -1.62. The minimum atomic E-state index is -0.514. The zero-order chi connectivity index (χ0) is 20.9. The van der Waals surface area contributed by atoms with Crippen LogP contribution in [-0.4, -0.2) is 40.7 Å². The average molecular weight is 402 g/mol. The second-order valence-electron chi connectivity index (χ2n) is 9.61. The maximum Gasteiger partial charge on any atom is 0.416 e. The summed E-state index contributed by atoms with van der Waals surface area (Å²) in [5, 5.41) is 0. The average Bonchev–Trinajstić information content (AvgIpc) is 3.15. The molecule has 0 bridgehead atoms. The van der Waals surface area contributed by atoms with Gasteiger partial charge in [0.25, 0.3) is 0 Å². The van der Waals surface area contributed by atoms with Crippen molar-refractivity contribution >= 4 is 11.9 Å². The molecule has 3 rings (SSSR count). The Labute approximate surface area is 176 Å². The lowest BCUT2D eigenvalue weighted by Crippen LogP contribution is -2.45. The minimum Gasteiger partial charge on any atom is -0.443 e. The van der Waals surface area contributed by atoms with Crippen molar-refractivity contribution in [2.24, 2.45) is 0 Å². The Morgan fingerprint density at radius 1 is 1.21 bits per heavy atom. The quantitative estimate of drug-likeness (QED) is 0.578. The Kier molecular flexibility index (Phi) is 7.55. The standard InChI is InChI=1S/C24H39N3O2/c1-5-6-17-26-18-11-15-21(26)20-14-10-16-25-22(20)27(19-12-8-7-9-13-19)23(28)29-24(2,3)4/h10,14,16,19,21H,5-9,11-13,15,17-18H2,1-4H3/t21-/m1/s1. The number of anilines is 1. The third-order valence-corrected chi connectivity index (χ3v) is 6.10. The number of pyridine rings is 1. The van der Waals surface area contributed by atoms with Crippen LogP contribution in [0.3, 0.4) is 0 Å². The van der Waals surface area contributed by atoms with Gasteiger partial charge in [-0.2, -0.15) is 0 Å². The summed E-state index contributed by atoms with van der Waals surface area (Å²) in [5.74, 6) is 0.821. The van der Waals surface area contributed by atoms with E-state index in [2.05, 4.69) is 17.9 Å². The topological polar surface area (TPSA) is 45.7 Å². The smallest absolute Gasteiger partial charge is 0.416 e. The number of hydrogen-bond donors (Lipinski definition) is 0. The van der Waals surface area contributed by atoms with E-state index in [1.54, 1.807) is 0 Å². The van der Waals surface area contributed by atoms with Gasteiger partial charge in [-0.25, -0.2) is 9.78 Å². The van der Waals surface area contributed by atoms with Gasteiger partial charge in [-0.05, 0) is 72.0 Å². The fourth-order valence-electron chi connectivity index (χ4n) is 4.74. The van der Waals surface area contributed by atoms with E-state index in [0.29, 0.717) is 6.04 Å². The Balaban J connectivity index is 1.94. The summed E-state index contributed by atoms with van der Waals surface area (Å²) in [7, 11) is 0. The molecule has 162 valence electrons. The van der Waals surface area contributed by atoms with Gasteiger partial charge in [0, 0.05) is 23.8 Å². The predicted molar refractivity (Wildman–Crippen MR) is 118 cm³/mol. The number of amides is 1. The highest BCUT2D eigenvalue weighted by atomic mass is 16.6. The van der Waals surface area contributed by atoms with E-state index in [0.717, 1.165) is 51.0 Å². The molecule has 0 unspecified atom stereocenters. The van der Waals surface area contributed by atoms with Gasteiger partial charge in [0.1, 0.15) is 11.4 Å². The molecular weight excluding hydrogens is 362 g/mol. The summed E-state index contributed by atoms with van der Waals surface area (Å²) in [5.41, 5.74) is 0.678. The molecule has 1 aliphatic heterocycles. The molecule has 1 atom stereocenters. The molecule has 29 heavy (non-hydrogen) atoms. The first-order chi connectivity index (χ1) is 13.9. The monoisotopic (exact) mass is 401 g/mol. The number of aromatic nitrogens is 1. The molecule has 1 aromatic heterocycles. The zero-order valence-electron chi connectivity index (χ0n) is 18.8. The third-order valence-electron chi connectivity index (χ3n) is 6.10. The molecule has 2 heterocycles. The molecule has 5 nitrogen and oxygen atoms in total. The molecule has 0 spiro atoms. The van der Waals surface area contributed by atoms with Crippen molar-refractivity contribution < 1.29 is 9.53 Å². The van der Waals surface area contributed by atoms with E-state index < -0.39 is 5.60 Å². The number of hydrogen-bond acceptors (Lipinski definition) is 4. The number of rotatable bonds is 6. The van der Waals surface area contributed by atoms with Gasteiger partial charge in [-0.3, -0.25) is 9.80 Å². The number of carbonyl (C=O) groups excluding carboxylic acids is 1. The second-order valence-corrected chi connectivity index (χ2v) is 9.61. The van der Waals surface area contributed by atoms with Crippen LogP contribution in [0, 0.1) is 0 Å². The van der Waals surface area contributed by atoms with Gasteiger partial charge >= 0.3 is 6.09 Å². The van der Waals surface area contributed by atoms with E-state index in [9.17, 15) is 4.79 Å². The largest absolute Gasteiger partial charge is 0.443 e.